The van der Waals surface area contributed by atoms with Crippen LogP contribution in [0.15, 0.2) is 36.4 Å². The lowest BCUT2D eigenvalue weighted by Gasteiger charge is -2.12. The van der Waals surface area contributed by atoms with Crippen molar-refractivity contribution in [3.63, 3.8) is 0 Å². The van der Waals surface area contributed by atoms with Gasteiger partial charge in [-0.05, 0) is 48.4 Å². The Bertz CT molecular complexity index is 935. The molecule has 1 N–H and O–H groups in total. The number of thiazole rings is 1. The number of ether oxygens (including phenoxy) is 1. The topological polar surface area (TPSA) is 62.7 Å². The first-order valence-corrected chi connectivity index (χ1v) is 8.59. The van der Waals surface area contributed by atoms with Gasteiger partial charge in [0.1, 0.15) is 5.75 Å². The predicted molar refractivity (Wildman–Crippen MR) is 93.6 cm³/mol. The number of carbonyl (C=O) groups excluding carboxylic acids is 1. The Kier molecular flexibility index (Phi) is 3.61. The molecular weight excluding hydrogens is 324 g/mol. The molecule has 0 saturated heterocycles. The molecule has 0 atom stereocenters. The van der Waals surface area contributed by atoms with Crippen LogP contribution in [0, 0.1) is 0 Å². The number of phenols is 1. The van der Waals surface area contributed by atoms with E-state index in [0.717, 1.165) is 34.0 Å². The molecule has 0 saturated carbocycles. The second kappa shape index (κ2) is 5.79. The van der Waals surface area contributed by atoms with Crippen LogP contribution >= 0.6 is 11.3 Å². The van der Waals surface area contributed by atoms with Gasteiger partial charge in [-0.3, -0.25) is 0 Å². The van der Waals surface area contributed by atoms with Crippen LogP contribution in [0.3, 0.4) is 0 Å². The minimum absolute atomic E-state index is 0.291. The van der Waals surface area contributed by atoms with E-state index < -0.39 is 0 Å². The fourth-order valence-corrected chi connectivity index (χ4v) is 3.91. The molecule has 5 nitrogen and oxygen atoms in total. The third-order valence-corrected chi connectivity index (χ3v) is 5.15. The number of fused-ring (bicyclic) bond motifs is 2. The number of esters is 1. The van der Waals surface area contributed by atoms with Crippen molar-refractivity contribution in [3.8, 4) is 5.75 Å². The second-order valence-electron chi connectivity index (χ2n) is 5.71. The summed E-state index contributed by atoms with van der Waals surface area (Å²) in [7, 11) is 0. The number of rotatable bonds is 3. The summed E-state index contributed by atoms with van der Waals surface area (Å²) in [6, 6.07) is 10.9. The van der Waals surface area contributed by atoms with Crippen molar-refractivity contribution in [2.45, 2.75) is 20.0 Å². The highest BCUT2D eigenvalue weighted by molar-refractivity contribution is 7.22. The largest absolute Gasteiger partial charge is 0.508 e. The van der Waals surface area contributed by atoms with Crippen LogP contribution in [0.1, 0.15) is 28.4 Å². The highest BCUT2D eigenvalue weighted by Gasteiger charge is 2.22. The van der Waals surface area contributed by atoms with E-state index in [0.29, 0.717) is 17.9 Å². The number of phenolic OH excluding ortho intramolecular Hbond substituents is 1. The Morgan fingerprint density at radius 3 is 2.92 bits per heavy atom. The quantitative estimate of drug-likeness (QED) is 0.737. The Morgan fingerprint density at radius 2 is 2.08 bits per heavy atom. The zero-order valence-electron chi connectivity index (χ0n) is 13.2. The van der Waals surface area contributed by atoms with Gasteiger partial charge in [0.2, 0.25) is 0 Å². The van der Waals surface area contributed by atoms with Gasteiger partial charge < -0.3 is 14.7 Å². The van der Waals surface area contributed by atoms with Gasteiger partial charge in [0, 0.05) is 13.1 Å². The number of carbonyl (C=O) groups is 1. The molecule has 0 fully saturated rings. The van der Waals surface area contributed by atoms with Crippen molar-refractivity contribution in [2.24, 2.45) is 0 Å². The van der Waals surface area contributed by atoms with Crippen LogP contribution in [0.25, 0.3) is 10.2 Å². The summed E-state index contributed by atoms with van der Waals surface area (Å²) < 4.78 is 6.02. The highest BCUT2D eigenvalue weighted by Crippen LogP contribution is 2.35. The Balaban J connectivity index is 1.63. The first-order valence-electron chi connectivity index (χ1n) is 7.77. The third-order valence-electron chi connectivity index (χ3n) is 4.07. The van der Waals surface area contributed by atoms with E-state index in [4.69, 9.17) is 4.74 Å². The lowest BCUT2D eigenvalue weighted by molar-refractivity contribution is 0.0526. The zero-order chi connectivity index (χ0) is 16.7. The maximum atomic E-state index is 11.9. The van der Waals surface area contributed by atoms with E-state index in [1.165, 1.54) is 5.56 Å². The molecule has 0 radical (unpaired) electrons. The standard InChI is InChI=1S/C18H16N2O3S/c1-2-23-17(22)11-4-6-15-16(8-11)24-18(19-15)20-9-12-3-5-14(21)7-13(12)10-20/h3-8,21H,2,9-10H2,1H3. The number of hydrogen-bond acceptors (Lipinski definition) is 6. The van der Waals surface area contributed by atoms with Crippen LogP contribution in [-0.4, -0.2) is 22.7 Å². The summed E-state index contributed by atoms with van der Waals surface area (Å²) in [6.07, 6.45) is 0. The summed E-state index contributed by atoms with van der Waals surface area (Å²) >= 11 is 1.56. The molecule has 4 rings (SSSR count). The van der Waals surface area contributed by atoms with Crippen molar-refractivity contribution in [3.05, 3.63) is 53.1 Å². The molecule has 3 aromatic rings. The van der Waals surface area contributed by atoms with Gasteiger partial charge in [-0.1, -0.05) is 17.4 Å². The molecule has 0 unspecified atom stereocenters. The van der Waals surface area contributed by atoms with Crippen LogP contribution in [-0.2, 0) is 17.8 Å². The molecule has 1 aromatic heterocycles. The molecule has 1 aliphatic heterocycles. The number of aromatic nitrogens is 1. The highest BCUT2D eigenvalue weighted by atomic mass is 32.1. The molecule has 0 amide bonds. The summed E-state index contributed by atoms with van der Waals surface area (Å²) in [5, 5.41) is 10.5. The van der Waals surface area contributed by atoms with Gasteiger partial charge in [0.25, 0.3) is 0 Å². The summed E-state index contributed by atoms with van der Waals surface area (Å²) in [5.74, 6) is -0.0163. The van der Waals surface area contributed by atoms with E-state index in [-0.39, 0.29) is 5.97 Å². The molecular formula is C18H16N2O3S. The van der Waals surface area contributed by atoms with Crippen molar-refractivity contribution >= 4 is 32.7 Å². The van der Waals surface area contributed by atoms with Crippen LogP contribution in [0.5, 0.6) is 5.75 Å². The second-order valence-corrected chi connectivity index (χ2v) is 6.72. The fourth-order valence-electron chi connectivity index (χ4n) is 2.91. The molecule has 1 aliphatic rings. The monoisotopic (exact) mass is 340 g/mol. The lowest BCUT2D eigenvalue weighted by Crippen LogP contribution is -2.13. The number of aromatic hydroxyl groups is 1. The van der Waals surface area contributed by atoms with Crippen LogP contribution < -0.4 is 4.90 Å². The molecule has 2 aromatic carbocycles. The van der Waals surface area contributed by atoms with Crippen molar-refractivity contribution in [2.75, 3.05) is 11.5 Å². The maximum Gasteiger partial charge on any atom is 0.338 e. The maximum absolute atomic E-state index is 11.9. The summed E-state index contributed by atoms with van der Waals surface area (Å²) in [6.45, 7) is 3.67. The lowest BCUT2D eigenvalue weighted by atomic mass is 10.1. The fraction of sp³-hybridized carbons (Fsp3) is 0.222. The zero-order valence-corrected chi connectivity index (χ0v) is 14.0. The first kappa shape index (κ1) is 15.0. The predicted octanol–water partition coefficient (Wildman–Crippen LogP) is 3.70. The van der Waals surface area contributed by atoms with Crippen LogP contribution in [0.4, 0.5) is 5.13 Å². The molecule has 0 bridgehead atoms. The number of hydrogen-bond donors (Lipinski definition) is 1. The minimum Gasteiger partial charge on any atom is -0.508 e. The van der Waals surface area contributed by atoms with E-state index in [9.17, 15) is 9.90 Å². The SMILES string of the molecule is CCOC(=O)c1ccc2nc(N3Cc4ccc(O)cc4C3)sc2c1. The Labute approximate surface area is 143 Å². The van der Waals surface area contributed by atoms with Crippen molar-refractivity contribution in [1.29, 1.82) is 0 Å². The minimum atomic E-state index is -0.307. The summed E-state index contributed by atoms with van der Waals surface area (Å²) in [5.41, 5.74) is 3.76. The molecule has 2 heterocycles. The van der Waals surface area contributed by atoms with E-state index in [2.05, 4.69) is 9.88 Å². The van der Waals surface area contributed by atoms with Gasteiger partial charge in [-0.15, -0.1) is 0 Å². The van der Waals surface area contributed by atoms with Gasteiger partial charge in [0.15, 0.2) is 5.13 Å². The smallest absolute Gasteiger partial charge is 0.338 e. The molecule has 6 heteroatoms. The number of nitrogens with zero attached hydrogens (tertiary/aromatic N) is 2. The molecule has 0 aliphatic carbocycles. The molecule has 122 valence electrons. The summed E-state index contributed by atoms with van der Waals surface area (Å²) in [4.78, 5) is 18.7. The van der Waals surface area contributed by atoms with E-state index in [1.54, 1.807) is 30.4 Å². The van der Waals surface area contributed by atoms with Crippen LogP contribution in [0.2, 0.25) is 0 Å². The number of benzene rings is 2. The van der Waals surface area contributed by atoms with Crippen molar-refractivity contribution < 1.29 is 14.6 Å². The molecule has 0 spiro atoms. The van der Waals surface area contributed by atoms with Crippen molar-refractivity contribution in [1.82, 2.24) is 4.98 Å². The van der Waals surface area contributed by atoms with Gasteiger partial charge >= 0.3 is 5.97 Å². The first-order chi connectivity index (χ1) is 11.6. The van der Waals surface area contributed by atoms with Gasteiger partial charge in [-0.25, -0.2) is 9.78 Å². The average Bonchev–Trinajstić information content (AvgIpc) is 3.17. The Hall–Kier alpha value is -2.60. The number of anilines is 1. The van der Waals surface area contributed by atoms with E-state index in [1.807, 2.05) is 24.3 Å². The Morgan fingerprint density at radius 1 is 1.25 bits per heavy atom. The third kappa shape index (κ3) is 2.59. The van der Waals surface area contributed by atoms with Gasteiger partial charge in [-0.2, -0.15) is 0 Å². The molecule has 24 heavy (non-hydrogen) atoms. The van der Waals surface area contributed by atoms with Gasteiger partial charge in [0.05, 0.1) is 22.4 Å². The normalized spacial score (nSPS) is 13.3. The average molecular weight is 340 g/mol. The van der Waals surface area contributed by atoms with E-state index >= 15 is 0 Å².